The number of aromatic nitrogens is 1. The van der Waals surface area contributed by atoms with E-state index in [4.69, 9.17) is 4.98 Å². The van der Waals surface area contributed by atoms with Gasteiger partial charge >= 0.3 is 0 Å². The van der Waals surface area contributed by atoms with Crippen molar-refractivity contribution in [3.63, 3.8) is 0 Å². The first-order valence-corrected chi connectivity index (χ1v) is 10.9. The third kappa shape index (κ3) is 5.00. The second-order valence-corrected chi connectivity index (χ2v) is 8.09. The van der Waals surface area contributed by atoms with Crippen LogP contribution in [0, 0.1) is 13.8 Å². The fourth-order valence-electron chi connectivity index (χ4n) is 4.00. The normalized spacial score (nSPS) is 10.9. The molecule has 4 rings (SSSR count). The van der Waals surface area contributed by atoms with Crippen molar-refractivity contribution in [3.05, 3.63) is 101 Å². The average Bonchev–Trinajstić information content (AvgIpc) is 2.78. The van der Waals surface area contributed by atoms with Crippen LogP contribution >= 0.6 is 0 Å². The molecule has 0 atom stereocenters. The summed E-state index contributed by atoms with van der Waals surface area (Å²) in [6.45, 7) is 4.84. The molecule has 4 aromatic rings. The van der Waals surface area contributed by atoms with E-state index in [-0.39, 0.29) is 5.91 Å². The Balaban J connectivity index is 1.51. The predicted molar refractivity (Wildman–Crippen MR) is 128 cm³/mol. The van der Waals surface area contributed by atoms with Gasteiger partial charge in [0.2, 0.25) is 0 Å². The summed E-state index contributed by atoms with van der Waals surface area (Å²) in [4.78, 5) is 17.9. The summed E-state index contributed by atoms with van der Waals surface area (Å²) in [6, 6.07) is 26.6. The van der Waals surface area contributed by atoms with Gasteiger partial charge in [0.15, 0.2) is 0 Å². The molecule has 0 unspecified atom stereocenters. The highest BCUT2D eigenvalue weighted by Crippen LogP contribution is 2.27. The highest BCUT2D eigenvalue weighted by molar-refractivity contribution is 6.07. The molecule has 0 spiro atoms. The fraction of sp³-hybridized carbons (Fsp3) is 0.214. The first kappa shape index (κ1) is 20.8. The van der Waals surface area contributed by atoms with E-state index in [0.717, 1.165) is 47.0 Å². The Morgan fingerprint density at radius 2 is 1.65 bits per heavy atom. The van der Waals surface area contributed by atoms with Gasteiger partial charge in [-0.2, -0.15) is 0 Å². The number of aryl methyl sites for hydroxylation is 3. The maximum atomic E-state index is 13.1. The van der Waals surface area contributed by atoms with E-state index >= 15 is 0 Å². The number of carbonyl (C=O) groups is 1. The van der Waals surface area contributed by atoms with Crippen molar-refractivity contribution in [3.8, 4) is 11.3 Å². The minimum Gasteiger partial charge on any atom is -0.352 e. The van der Waals surface area contributed by atoms with Crippen LogP contribution in [0.3, 0.4) is 0 Å². The summed E-state index contributed by atoms with van der Waals surface area (Å²) in [7, 11) is 0. The molecule has 3 aromatic carbocycles. The number of benzene rings is 3. The van der Waals surface area contributed by atoms with Gasteiger partial charge in [0.1, 0.15) is 0 Å². The zero-order valence-electron chi connectivity index (χ0n) is 18.2. The maximum absolute atomic E-state index is 13.1. The highest BCUT2D eigenvalue weighted by Gasteiger charge is 2.14. The average molecular weight is 409 g/mol. The number of hydrogen-bond donors (Lipinski definition) is 1. The quantitative estimate of drug-likeness (QED) is 0.366. The molecule has 1 aromatic heterocycles. The third-order valence-corrected chi connectivity index (χ3v) is 5.64. The second-order valence-electron chi connectivity index (χ2n) is 8.09. The van der Waals surface area contributed by atoms with E-state index in [9.17, 15) is 4.79 Å². The lowest BCUT2D eigenvalue weighted by Gasteiger charge is -2.12. The zero-order chi connectivity index (χ0) is 21.6. The topological polar surface area (TPSA) is 42.0 Å². The lowest BCUT2D eigenvalue weighted by Crippen LogP contribution is -2.25. The number of nitrogens with zero attached hydrogens (tertiary/aromatic N) is 1. The van der Waals surface area contributed by atoms with E-state index in [2.05, 4.69) is 61.6 Å². The lowest BCUT2D eigenvalue weighted by molar-refractivity contribution is 0.0954. The molecule has 0 radical (unpaired) electrons. The van der Waals surface area contributed by atoms with Crippen LogP contribution in [0.2, 0.25) is 0 Å². The van der Waals surface area contributed by atoms with Crippen molar-refractivity contribution in [2.24, 2.45) is 0 Å². The van der Waals surface area contributed by atoms with Crippen LogP contribution in [-0.4, -0.2) is 17.4 Å². The number of pyridine rings is 1. The Labute approximate surface area is 184 Å². The molecule has 0 bridgehead atoms. The predicted octanol–water partition coefficient (Wildman–Crippen LogP) is 6.27. The highest BCUT2D eigenvalue weighted by atomic mass is 16.1. The standard InChI is InChI=1S/C28H28N2O/c1-20-15-16-23(21(2)18-20)27-19-25(24-13-6-7-14-26(24)30-27)28(31)29-17-9-8-12-22-10-4-3-5-11-22/h3-7,10-11,13-16,18-19H,8-9,12,17H2,1-2H3,(H,29,31). The SMILES string of the molecule is Cc1ccc(-c2cc(C(=O)NCCCCc3ccccc3)c3ccccc3n2)c(C)c1. The van der Waals surface area contributed by atoms with Gasteiger partial charge in [-0.3, -0.25) is 4.79 Å². The number of amides is 1. The molecule has 0 fully saturated rings. The number of unbranched alkanes of at least 4 members (excludes halogenated alkanes) is 1. The number of fused-ring (bicyclic) bond motifs is 1. The molecule has 0 saturated carbocycles. The first-order valence-electron chi connectivity index (χ1n) is 10.9. The van der Waals surface area contributed by atoms with Gasteiger partial charge in [0.05, 0.1) is 16.8 Å². The smallest absolute Gasteiger partial charge is 0.252 e. The number of rotatable bonds is 7. The lowest BCUT2D eigenvalue weighted by atomic mass is 9.99. The van der Waals surface area contributed by atoms with Crippen molar-refractivity contribution < 1.29 is 4.79 Å². The third-order valence-electron chi connectivity index (χ3n) is 5.64. The van der Waals surface area contributed by atoms with Crippen molar-refractivity contribution in [1.29, 1.82) is 0 Å². The monoisotopic (exact) mass is 408 g/mol. The van der Waals surface area contributed by atoms with Gasteiger partial charge in [-0.05, 0) is 56.4 Å². The molecule has 1 amide bonds. The zero-order valence-corrected chi connectivity index (χ0v) is 18.2. The Morgan fingerprint density at radius 1 is 0.871 bits per heavy atom. The van der Waals surface area contributed by atoms with Gasteiger partial charge in [0, 0.05) is 17.5 Å². The number of para-hydroxylation sites is 1. The molecule has 3 heteroatoms. The molecule has 3 nitrogen and oxygen atoms in total. The van der Waals surface area contributed by atoms with E-state index in [1.165, 1.54) is 11.1 Å². The van der Waals surface area contributed by atoms with E-state index in [0.29, 0.717) is 12.1 Å². The van der Waals surface area contributed by atoms with Crippen LogP contribution in [0.15, 0.2) is 78.9 Å². The van der Waals surface area contributed by atoms with E-state index in [1.807, 2.05) is 36.4 Å². The number of hydrogen-bond acceptors (Lipinski definition) is 2. The second kappa shape index (κ2) is 9.57. The summed E-state index contributed by atoms with van der Waals surface area (Å²) in [5, 5.41) is 4.00. The molecule has 0 aliphatic rings. The first-order chi connectivity index (χ1) is 15.1. The maximum Gasteiger partial charge on any atom is 0.252 e. The Hall–Kier alpha value is -3.46. The molecular formula is C28H28N2O. The Bertz CT molecular complexity index is 1200. The summed E-state index contributed by atoms with van der Waals surface area (Å²) in [5.41, 5.74) is 7.15. The van der Waals surface area contributed by atoms with E-state index in [1.54, 1.807) is 0 Å². The van der Waals surface area contributed by atoms with Gasteiger partial charge in [0.25, 0.3) is 5.91 Å². The van der Waals surface area contributed by atoms with Crippen molar-refractivity contribution in [2.45, 2.75) is 33.1 Å². The van der Waals surface area contributed by atoms with E-state index < -0.39 is 0 Å². The number of carbonyl (C=O) groups excluding carboxylic acids is 1. The van der Waals surface area contributed by atoms with Gasteiger partial charge < -0.3 is 5.32 Å². The van der Waals surface area contributed by atoms with Crippen LogP contribution in [-0.2, 0) is 6.42 Å². The largest absolute Gasteiger partial charge is 0.352 e. The molecule has 0 aliphatic carbocycles. The van der Waals surface area contributed by atoms with Crippen molar-refractivity contribution in [1.82, 2.24) is 10.3 Å². The Morgan fingerprint density at radius 3 is 2.45 bits per heavy atom. The summed E-state index contributed by atoms with van der Waals surface area (Å²) < 4.78 is 0. The van der Waals surface area contributed by atoms with Gasteiger partial charge in [-0.25, -0.2) is 4.98 Å². The van der Waals surface area contributed by atoms with Crippen molar-refractivity contribution in [2.75, 3.05) is 6.54 Å². The summed E-state index contributed by atoms with van der Waals surface area (Å²) >= 11 is 0. The van der Waals surface area contributed by atoms with Crippen LogP contribution in [0.5, 0.6) is 0 Å². The fourth-order valence-corrected chi connectivity index (χ4v) is 4.00. The van der Waals surface area contributed by atoms with Crippen LogP contribution in [0.25, 0.3) is 22.2 Å². The summed E-state index contributed by atoms with van der Waals surface area (Å²) in [5.74, 6) is -0.0377. The van der Waals surface area contributed by atoms with Gasteiger partial charge in [-0.1, -0.05) is 72.3 Å². The summed E-state index contributed by atoms with van der Waals surface area (Å²) in [6.07, 6.45) is 3.04. The number of nitrogens with one attached hydrogen (secondary N) is 1. The molecule has 156 valence electrons. The molecule has 1 heterocycles. The molecular weight excluding hydrogens is 380 g/mol. The molecule has 1 N–H and O–H groups in total. The van der Waals surface area contributed by atoms with Gasteiger partial charge in [-0.15, -0.1) is 0 Å². The minimum absolute atomic E-state index is 0.0377. The van der Waals surface area contributed by atoms with Crippen LogP contribution < -0.4 is 5.32 Å². The van der Waals surface area contributed by atoms with Crippen molar-refractivity contribution >= 4 is 16.8 Å². The minimum atomic E-state index is -0.0377. The van der Waals surface area contributed by atoms with Crippen LogP contribution in [0.1, 0.15) is 39.9 Å². The molecule has 31 heavy (non-hydrogen) atoms. The molecule has 0 saturated heterocycles. The molecule has 0 aliphatic heterocycles. The Kier molecular flexibility index (Phi) is 6.42. The van der Waals surface area contributed by atoms with Crippen LogP contribution in [0.4, 0.5) is 0 Å².